The van der Waals surface area contributed by atoms with Crippen molar-refractivity contribution in [3.05, 3.63) is 0 Å². The lowest BCUT2D eigenvalue weighted by molar-refractivity contribution is 0.0520. The second-order valence-corrected chi connectivity index (χ2v) is 8.44. The summed E-state index contributed by atoms with van der Waals surface area (Å²) in [5.74, 6) is 0.726. The molecule has 0 N–H and O–H groups in total. The van der Waals surface area contributed by atoms with Gasteiger partial charge in [0, 0.05) is 51.9 Å². The van der Waals surface area contributed by atoms with E-state index in [4.69, 9.17) is 4.74 Å². The first kappa shape index (κ1) is 23.5. The zero-order valence-electron chi connectivity index (χ0n) is 17.3. The molecule has 1 saturated carbocycles. The van der Waals surface area contributed by atoms with Crippen LogP contribution in [0.2, 0.25) is 0 Å². The van der Waals surface area contributed by atoms with Gasteiger partial charge in [0.05, 0.1) is 6.10 Å². The Morgan fingerprint density at radius 2 is 1.65 bits per heavy atom. The molecule has 1 heterocycles. The predicted molar refractivity (Wildman–Crippen MR) is 110 cm³/mol. The summed E-state index contributed by atoms with van der Waals surface area (Å²) in [6, 6.07) is 0.790. The quantitative estimate of drug-likeness (QED) is 0.662. The molecule has 2 fully saturated rings. The van der Waals surface area contributed by atoms with E-state index in [0.29, 0.717) is 0 Å². The van der Waals surface area contributed by atoms with Crippen LogP contribution in [0.1, 0.15) is 59.8 Å². The fraction of sp³-hybridized carbons (Fsp3) is 0.950. The SMILES string of the molecule is CC(C)CN(CCN1CCN(C(=O)OC(C)C)CC1)C1CCCCC1.Cl. The zero-order valence-corrected chi connectivity index (χ0v) is 18.1. The Morgan fingerprint density at radius 1 is 1.04 bits per heavy atom. The van der Waals surface area contributed by atoms with Crippen LogP contribution in [0, 0.1) is 5.92 Å². The lowest BCUT2D eigenvalue weighted by Crippen LogP contribution is -2.51. The van der Waals surface area contributed by atoms with Crippen LogP contribution >= 0.6 is 12.4 Å². The molecule has 1 aliphatic carbocycles. The van der Waals surface area contributed by atoms with Crippen LogP contribution in [0.4, 0.5) is 4.79 Å². The number of amides is 1. The summed E-state index contributed by atoms with van der Waals surface area (Å²) in [5, 5.41) is 0. The Bertz CT molecular complexity index is 393. The molecule has 0 aromatic carbocycles. The van der Waals surface area contributed by atoms with Gasteiger partial charge < -0.3 is 9.64 Å². The van der Waals surface area contributed by atoms with Crippen molar-refractivity contribution < 1.29 is 9.53 Å². The third kappa shape index (κ3) is 8.01. The molecule has 26 heavy (non-hydrogen) atoms. The molecule has 5 nitrogen and oxygen atoms in total. The van der Waals surface area contributed by atoms with Crippen LogP contribution in [0.25, 0.3) is 0 Å². The summed E-state index contributed by atoms with van der Waals surface area (Å²) in [6.45, 7) is 15.5. The Balaban J connectivity index is 0.00000338. The molecule has 154 valence electrons. The minimum Gasteiger partial charge on any atom is -0.447 e. The first-order valence-corrected chi connectivity index (χ1v) is 10.4. The molecule has 0 aromatic heterocycles. The predicted octanol–water partition coefficient (Wildman–Crippen LogP) is 3.86. The molecular weight excluding hydrogens is 350 g/mol. The maximum atomic E-state index is 12.0. The van der Waals surface area contributed by atoms with Gasteiger partial charge in [-0.3, -0.25) is 9.80 Å². The van der Waals surface area contributed by atoms with Gasteiger partial charge in [0.2, 0.25) is 0 Å². The summed E-state index contributed by atoms with van der Waals surface area (Å²) in [6.07, 6.45) is 6.78. The van der Waals surface area contributed by atoms with Crippen molar-refractivity contribution in [1.29, 1.82) is 0 Å². The van der Waals surface area contributed by atoms with Crippen molar-refractivity contribution in [2.24, 2.45) is 5.92 Å². The smallest absolute Gasteiger partial charge is 0.410 e. The molecule has 0 bridgehead atoms. The zero-order chi connectivity index (χ0) is 18.2. The van der Waals surface area contributed by atoms with E-state index in [0.717, 1.165) is 44.7 Å². The molecule has 0 unspecified atom stereocenters. The molecule has 0 atom stereocenters. The van der Waals surface area contributed by atoms with Crippen molar-refractivity contribution in [3.63, 3.8) is 0 Å². The number of halogens is 1. The molecule has 0 radical (unpaired) electrons. The van der Waals surface area contributed by atoms with Gasteiger partial charge in [-0.15, -0.1) is 12.4 Å². The number of piperazine rings is 1. The van der Waals surface area contributed by atoms with E-state index in [2.05, 4.69) is 23.6 Å². The average Bonchev–Trinajstić information content (AvgIpc) is 2.59. The summed E-state index contributed by atoms with van der Waals surface area (Å²) < 4.78 is 5.31. The van der Waals surface area contributed by atoms with Gasteiger partial charge in [0.15, 0.2) is 0 Å². The van der Waals surface area contributed by atoms with Gasteiger partial charge in [-0.2, -0.15) is 0 Å². The van der Waals surface area contributed by atoms with E-state index in [1.54, 1.807) is 0 Å². The molecule has 0 aromatic rings. The Hall–Kier alpha value is -0.520. The van der Waals surface area contributed by atoms with Gasteiger partial charge >= 0.3 is 6.09 Å². The van der Waals surface area contributed by atoms with Gasteiger partial charge in [0.1, 0.15) is 0 Å². The van der Waals surface area contributed by atoms with Gasteiger partial charge in [-0.25, -0.2) is 4.79 Å². The highest BCUT2D eigenvalue weighted by Gasteiger charge is 2.25. The highest BCUT2D eigenvalue weighted by molar-refractivity contribution is 5.85. The number of carbonyl (C=O) groups is 1. The van der Waals surface area contributed by atoms with E-state index in [-0.39, 0.29) is 24.6 Å². The second-order valence-electron chi connectivity index (χ2n) is 8.44. The second kappa shape index (κ2) is 12.0. The fourth-order valence-corrected chi connectivity index (χ4v) is 4.04. The van der Waals surface area contributed by atoms with Crippen LogP contribution in [0.5, 0.6) is 0 Å². The summed E-state index contributed by atoms with van der Waals surface area (Å²) >= 11 is 0. The third-order valence-corrected chi connectivity index (χ3v) is 5.36. The third-order valence-electron chi connectivity index (χ3n) is 5.36. The molecule has 6 heteroatoms. The monoisotopic (exact) mass is 389 g/mol. The van der Waals surface area contributed by atoms with Crippen molar-refractivity contribution in [3.8, 4) is 0 Å². The van der Waals surface area contributed by atoms with E-state index in [1.165, 1.54) is 45.2 Å². The minimum absolute atomic E-state index is 0. The summed E-state index contributed by atoms with van der Waals surface area (Å²) in [7, 11) is 0. The number of ether oxygens (including phenoxy) is 1. The van der Waals surface area contributed by atoms with Crippen LogP contribution < -0.4 is 0 Å². The largest absolute Gasteiger partial charge is 0.447 e. The number of carbonyl (C=O) groups excluding carboxylic acids is 1. The Kier molecular flexibility index (Phi) is 10.9. The fourth-order valence-electron chi connectivity index (χ4n) is 4.04. The van der Waals surface area contributed by atoms with E-state index in [1.807, 2.05) is 18.7 Å². The van der Waals surface area contributed by atoms with Crippen molar-refractivity contribution in [2.75, 3.05) is 45.8 Å². The van der Waals surface area contributed by atoms with Crippen LogP contribution in [-0.4, -0.2) is 78.8 Å². The van der Waals surface area contributed by atoms with E-state index < -0.39 is 0 Å². The summed E-state index contributed by atoms with van der Waals surface area (Å²) in [5.41, 5.74) is 0. The average molecular weight is 390 g/mol. The van der Waals surface area contributed by atoms with Gasteiger partial charge in [-0.1, -0.05) is 33.1 Å². The Morgan fingerprint density at radius 3 is 2.19 bits per heavy atom. The van der Waals surface area contributed by atoms with Gasteiger partial charge in [0.25, 0.3) is 0 Å². The number of hydrogen-bond acceptors (Lipinski definition) is 4. The lowest BCUT2D eigenvalue weighted by atomic mass is 9.93. The van der Waals surface area contributed by atoms with Crippen LogP contribution in [0.15, 0.2) is 0 Å². The van der Waals surface area contributed by atoms with E-state index >= 15 is 0 Å². The highest BCUT2D eigenvalue weighted by Crippen LogP contribution is 2.23. The molecule has 1 saturated heterocycles. The van der Waals surface area contributed by atoms with Crippen LogP contribution in [0.3, 0.4) is 0 Å². The normalized spacial score (nSPS) is 19.9. The van der Waals surface area contributed by atoms with Crippen molar-refractivity contribution in [1.82, 2.24) is 14.7 Å². The standard InChI is InChI=1S/C20H39N3O2.ClH/c1-17(2)16-23(19-8-6-5-7-9-19)15-12-21-10-13-22(14-11-21)20(24)25-18(3)4;/h17-19H,5-16H2,1-4H3;1H. The topological polar surface area (TPSA) is 36.0 Å². The van der Waals surface area contributed by atoms with Crippen LogP contribution in [-0.2, 0) is 4.74 Å². The molecule has 1 amide bonds. The number of rotatable bonds is 7. The maximum absolute atomic E-state index is 12.0. The molecule has 1 aliphatic heterocycles. The molecule has 2 aliphatic rings. The Labute approximate surface area is 166 Å². The van der Waals surface area contributed by atoms with Crippen molar-refractivity contribution in [2.45, 2.75) is 71.9 Å². The summed E-state index contributed by atoms with van der Waals surface area (Å²) in [4.78, 5) is 19.1. The highest BCUT2D eigenvalue weighted by atomic mass is 35.5. The van der Waals surface area contributed by atoms with Crippen molar-refractivity contribution >= 4 is 18.5 Å². The lowest BCUT2D eigenvalue weighted by Gasteiger charge is -2.39. The molecular formula is C20H40ClN3O2. The minimum atomic E-state index is -0.154. The van der Waals surface area contributed by atoms with Gasteiger partial charge in [-0.05, 0) is 32.6 Å². The molecule has 2 rings (SSSR count). The first-order chi connectivity index (χ1) is 12.0. The number of nitrogens with zero attached hydrogens (tertiary/aromatic N) is 3. The first-order valence-electron chi connectivity index (χ1n) is 10.4. The maximum Gasteiger partial charge on any atom is 0.410 e. The van der Waals surface area contributed by atoms with E-state index in [9.17, 15) is 4.79 Å². The number of hydrogen-bond donors (Lipinski definition) is 0. The molecule has 0 spiro atoms.